The lowest BCUT2D eigenvalue weighted by molar-refractivity contribution is 0.0552. The van der Waals surface area contributed by atoms with Gasteiger partial charge in [-0.1, -0.05) is 113 Å². The number of nitrogens with one attached hydrogen (secondary N) is 5. The highest BCUT2D eigenvalue weighted by molar-refractivity contribution is 8.15. The van der Waals surface area contributed by atoms with Crippen molar-refractivity contribution < 1.29 is 60.1 Å². The summed E-state index contributed by atoms with van der Waals surface area (Å²) in [5, 5.41) is 18.4. The Morgan fingerprint density at radius 3 is 1.14 bits per heavy atom. The molecule has 0 unspecified atom stereocenters. The number of amides is 4. The number of thioether (sulfide) groups is 5. The molecule has 0 saturated carbocycles. The Hall–Kier alpha value is -11.3. The summed E-state index contributed by atoms with van der Waals surface area (Å²) in [4.78, 5) is 89.0. The number of halogens is 5. The first-order valence-corrected chi connectivity index (χ1v) is 50.4. The highest BCUT2D eigenvalue weighted by Crippen LogP contribution is 2.44. The minimum atomic E-state index is -0.813. The minimum absolute atomic E-state index is 0.234. The van der Waals surface area contributed by atoms with Crippen LogP contribution in [0.1, 0.15) is 212 Å². The van der Waals surface area contributed by atoms with Crippen molar-refractivity contribution in [3.63, 3.8) is 0 Å². The van der Waals surface area contributed by atoms with E-state index in [1.54, 1.807) is 114 Å². The summed E-state index contributed by atoms with van der Waals surface area (Å²) >= 11 is 17.3. The number of nitrogen functional groups attached to an aromatic ring is 1. The van der Waals surface area contributed by atoms with Crippen LogP contribution in [0.3, 0.4) is 0 Å². The van der Waals surface area contributed by atoms with Crippen LogP contribution in [0.25, 0.3) is 11.0 Å². The maximum Gasteiger partial charge on any atom is 0.413 e. The number of hydrogen-bond donors (Lipinski definition) is 7. The summed E-state index contributed by atoms with van der Waals surface area (Å²) < 4.78 is 98.0. The van der Waals surface area contributed by atoms with Gasteiger partial charge in [0.05, 0.1) is 79.2 Å². The number of carbonyl (C=O) groups excluding carboxylic acids is 4. The number of benzene rings is 5. The molecular weight excluding hydrogens is 1900 g/mol. The van der Waals surface area contributed by atoms with E-state index in [4.69, 9.17) is 47.6 Å². The van der Waals surface area contributed by atoms with Crippen molar-refractivity contribution in [1.29, 1.82) is 0 Å². The predicted molar refractivity (Wildman–Crippen MR) is 555 cm³/mol. The maximum atomic E-state index is 14.9. The van der Waals surface area contributed by atoms with Crippen LogP contribution in [0.5, 0.6) is 0 Å². The zero-order valence-corrected chi connectivity index (χ0v) is 85.9. The number of carbonyl (C=O) groups is 4. The molecule has 5 aliphatic heterocycles. The van der Waals surface area contributed by atoms with Crippen LogP contribution in [-0.4, -0.2) is 135 Å². The fourth-order valence-electron chi connectivity index (χ4n) is 15.0. The molecule has 5 aromatic carbocycles. The summed E-state index contributed by atoms with van der Waals surface area (Å²) in [6.07, 6.45) is 12.1. The van der Waals surface area contributed by atoms with E-state index in [1.807, 2.05) is 143 Å². The molecule has 15 rings (SSSR count). The van der Waals surface area contributed by atoms with Crippen molar-refractivity contribution in [2.75, 3.05) is 34.5 Å². The molecule has 0 fully saturated rings. The third-order valence-electron chi connectivity index (χ3n) is 21.8. The molecule has 5 aromatic heterocycles. The molecule has 26 nitrogen and oxygen atoms in total. The van der Waals surface area contributed by atoms with E-state index in [0.29, 0.717) is 145 Å². The molecule has 5 aliphatic rings. The second-order valence-corrected chi connectivity index (χ2v) is 44.1. The number of rotatable bonds is 14. The van der Waals surface area contributed by atoms with Gasteiger partial charge in [-0.25, -0.2) is 51.1 Å². The molecule has 138 heavy (non-hydrogen) atoms. The lowest BCUT2D eigenvalue weighted by atomic mass is 9.88. The third kappa shape index (κ3) is 31.1. The molecule has 10 aromatic rings. The lowest BCUT2D eigenvalue weighted by Gasteiger charge is -2.31. The van der Waals surface area contributed by atoms with Crippen molar-refractivity contribution in [3.05, 3.63) is 268 Å². The van der Waals surface area contributed by atoms with Gasteiger partial charge >= 0.3 is 24.4 Å². The summed E-state index contributed by atoms with van der Waals surface area (Å²) in [5.74, 6) is 3.86. The number of anilines is 1. The van der Waals surface area contributed by atoms with E-state index in [-0.39, 0.29) is 29.1 Å². The number of imidazole rings is 2. The Balaban J connectivity index is 0.000000167. The van der Waals surface area contributed by atoms with Crippen molar-refractivity contribution in [1.82, 2.24) is 50.3 Å². The number of amidine groups is 5. The molecule has 0 bridgehead atoms. The van der Waals surface area contributed by atoms with Crippen molar-refractivity contribution >= 4 is 166 Å². The summed E-state index contributed by atoms with van der Waals surface area (Å²) in [7, 11) is 0. The predicted octanol–water partition coefficient (Wildman–Crippen LogP) is 22.6. The zero-order chi connectivity index (χ0) is 100. The van der Waals surface area contributed by atoms with Crippen LogP contribution in [-0.2, 0) is 72.4 Å². The smallest absolute Gasteiger partial charge is 0.413 e. The Labute approximate surface area is 833 Å². The number of alkyl carbamates (subject to hydrolysis) is 4. The molecule has 38 heteroatoms. The molecule has 10 heterocycles. The molecule has 5 atom stereocenters. The van der Waals surface area contributed by atoms with Crippen LogP contribution in [0.2, 0.25) is 0 Å². The van der Waals surface area contributed by atoms with Gasteiger partial charge in [-0.15, -0.1) is 0 Å². The van der Waals surface area contributed by atoms with Crippen molar-refractivity contribution in [2.24, 2.45) is 35.7 Å². The monoisotopic (exact) mass is 2020 g/mol. The minimum Gasteiger partial charge on any atom is -0.444 e. The number of pyridine rings is 3. The van der Waals surface area contributed by atoms with E-state index in [1.165, 1.54) is 101 Å². The SMILES string of the molecule is CC(C)(C)OC(=O)NC1=N[C@](C)(c2cc(CC(=S)NCc3ccccn3)ccc2F)CCS1.CC(C)(C)OC(=O)NC1=N[C@](C)(c2cc(Cc3ncc4ccccn34)ccc2F)CCS1.CC(C)(C)OC(=O)NC1=N[C@](C)(c2cc(N)ccc2F)CCS1.CC(C)(C)OC(=O)NC1=N[C@](C)(c2cc(N=C=S)ccc2F)CCS1.C[C@@]1(c2cc(Cc3ncc4ccccn34)ccc2F)CCSC(N)=N1. The van der Waals surface area contributed by atoms with Gasteiger partial charge in [0.1, 0.15) is 63.1 Å². The van der Waals surface area contributed by atoms with Gasteiger partial charge in [0.25, 0.3) is 0 Å². The van der Waals surface area contributed by atoms with E-state index < -0.39 is 74.5 Å². The molecule has 0 saturated heterocycles. The summed E-state index contributed by atoms with van der Waals surface area (Å²) in [5.41, 5.74) is 14.7. The average Bonchev–Trinajstić information content (AvgIpc) is 0.910. The lowest BCUT2D eigenvalue weighted by Crippen LogP contribution is -2.39. The first-order valence-electron chi connectivity index (χ1n) is 44.6. The number of aliphatic imine (C=N–C) groups is 6. The van der Waals surface area contributed by atoms with Crippen molar-refractivity contribution in [2.45, 2.75) is 226 Å². The molecule has 4 amide bonds. The van der Waals surface area contributed by atoms with Gasteiger partial charge < -0.3 is 44.5 Å². The van der Waals surface area contributed by atoms with Crippen LogP contribution >= 0.6 is 83.2 Å². The van der Waals surface area contributed by atoms with E-state index in [2.05, 4.69) is 88.3 Å². The first kappa shape index (κ1) is 107. The topological polar surface area (TPSA) is 339 Å². The van der Waals surface area contributed by atoms with Gasteiger partial charge in [-0.3, -0.25) is 51.2 Å². The fourth-order valence-corrected chi connectivity index (χ4v) is 20.7. The number of hydrogen-bond acceptors (Lipinski definition) is 26. The molecule has 0 spiro atoms. The Morgan fingerprint density at radius 1 is 0.435 bits per heavy atom. The number of ether oxygens (including phenoxy) is 4. The van der Waals surface area contributed by atoms with Gasteiger partial charge in [0.15, 0.2) is 25.8 Å². The second-order valence-electron chi connectivity index (χ2n) is 38.0. The maximum absolute atomic E-state index is 14.9. The average molecular weight is 2020 g/mol. The Bertz CT molecular complexity index is 6310. The van der Waals surface area contributed by atoms with Crippen LogP contribution < -0.4 is 38.1 Å². The summed E-state index contributed by atoms with van der Waals surface area (Å²) in [6, 6.07) is 42.0. The van der Waals surface area contributed by atoms with Crippen LogP contribution in [0.4, 0.5) is 52.5 Å². The van der Waals surface area contributed by atoms with Gasteiger partial charge in [-0.2, -0.15) is 4.99 Å². The number of fused-ring (bicyclic) bond motifs is 2. The Kier molecular flexibility index (Phi) is 35.9. The van der Waals surface area contributed by atoms with Gasteiger partial charge in [-0.05, 0) is 282 Å². The van der Waals surface area contributed by atoms with Crippen LogP contribution in [0, 0.1) is 29.1 Å². The normalized spacial score (nSPS) is 19.8. The van der Waals surface area contributed by atoms with Crippen molar-refractivity contribution in [3.8, 4) is 0 Å². The second kappa shape index (κ2) is 46.2. The number of nitrogens with two attached hydrogens (primary N) is 2. The van der Waals surface area contributed by atoms with E-state index >= 15 is 0 Å². The number of aromatic nitrogens is 5. The fraction of sp³-hybridized carbons (Fsp3) is 0.400. The Morgan fingerprint density at radius 2 is 0.775 bits per heavy atom. The summed E-state index contributed by atoms with van der Waals surface area (Å²) in [6.45, 7) is 31.4. The van der Waals surface area contributed by atoms with Gasteiger partial charge in [0, 0.05) is 100 Å². The standard InChI is InChI=1S/C24H29FN4O2S2.C24H27FN4O2S.C19H19FN4S.C17H20FN3O2S2.C16H22FN3O2S/c1-23(2,3)31-22(30)28-21-29-24(4,10-12-33-21)18-13-16(8-9-19(18)25)14-20(32)27-15-17-7-5-6-11-26-17;1-23(2,3)31-22(30)27-21-28-24(4,10-12-32-21)18-13-16(8-9-19(18)25)14-20-26-15-17-7-5-6-11-29(17)20;1-19(7-9-25-18(21)23-19)15-10-13(5-6-16(15)20)11-17-22-12-14-4-2-3-8-24(14)17;1-16(2,3)23-15(22)20-14-21-17(4,7-8-25-14)12-9-11(19-10-24)5-6-13(12)18;1-15(2,3)22-14(21)19-13-20-16(4,7-8-23-13)11-9-10(18)5-6-12(11)17/h5-9,11,13H,10,12,14-15H2,1-4H3,(H,27,32)(H,28,29,30);5-9,11,13,15H,10,12,14H2,1-4H3,(H,27,28,30);2-6,8,10,12H,7,9,11H2,1H3,(H2,21,23);5-6,9H,7-8H2,1-4H3,(H,20,21,22);5-6,9H,7-8,18H2,1-4H3,(H,19,20,21)/t2*24-;19-;17-;16-/m00000/s1. The zero-order valence-electron chi connectivity index (χ0n) is 80.2. The number of thiocarbonyl (C=S) groups is 2. The third-order valence-corrected chi connectivity index (χ3v) is 26.4. The van der Waals surface area contributed by atoms with E-state index in [0.717, 1.165) is 57.2 Å². The van der Waals surface area contributed by atoms with Crippen LogP contribution in [0.15, 0.2) is 207 Å². The molecule has 732 valence electrons. The first-order chi connectivity index (χ1) is 64.9. The highest BCUT2D eigenvalue weighted by Gasteiger charge is 2.40. The van der Waals surface area contributed by atoms with E-state index in [9.17, 15) is 41.1 Å². The molecule has 0 aliphatic carbocycles. The molecule has 0 radical (unpaired) electrons. The molecule has 9 N–H and O–H groups in total. The molecular formula is C100H117F5N18O8S7. The quantitative estimate of drug-likeness (QED) is 0.0175. The number of nitrogens with zero attached hydrogens (tertiary/aromatic N) is 11. The highest BCUT2D eigenvalue weighted by atomic mass is 32.2. The van der Waals surface area contributed by atoms with Gasteiger partial charge in [0.2, 0.25) is 0 Å². The number of isothiocyanates is 1. The largest absolute Gasteiger partial charge is 0.444 e.